The van der Waals surface area contributed by atoms with Crippen LogP contribution in [0.25, 0.3) is 16.3 Å². The summed E-state index contributed by atoms with van der Waals surface area (Å²) in [5.41, 5.74) is 0.892. The quantitative estimate of drug-likeness (QED) is 0.576. The fraction of sp³-hybridized carbons (Fsp3) is 0.0667. The molecule has 0 aliphatic heterocycles. The Balaban J connectivity index is 1.57. The largest absolute Gasteiger partial charge is 0.486 e. The minimum absolute atomic E-state index is 0.287. The number of fused-ring (bicyclic) bond motifs is 1. The van der Waals surface area contributed by atoms with E-state index in [9.17, 15) is 4.39 Å². The zero-order valence-electron chi connectivity index (χ0n) is 11.8. The molecule has 6 nitrogen and oxygen atoms in total. The maximum Gasteiger partial charge on any atom is 0.235 e. The zero-order valence-corrected chi connectivity index (χ0v) is 12.6. The molecule has 0 spiro atoms. The molecule has 3 heterocycles. The Morgan fingerprint density at radius 1 is 1.04 bits per heavy atom. The topological polar surface area (TPSA) is 65.2 Å². The van der Waals surface area contributed by atoms with E-state index in [-0.39, 0.29) is 12.4 Å². The SMILES string of the molecule is Fc1ccc(OCc2nn3c(-c4ccncc4)nnc3s2)cc1. The number of rotatable bonds is 4. The second-order valence-corrected chi connectivity index (χ2v) is 5.73. The van der Waals surface area contributed by atoms with Crippen LogP contribution in [0.1, 0.15) is 5.01 Å². The van der Waals surface area contributed by atoms with Gasteiger partial charge < -0.3 is 4.74 Å². The lowest BCUT2D eigenvalue weighted by Crippen LogP contribution is -1.97. The molecule has 114 valence electrons. The highest BCUT2D eigenvalue weighted by Gasteiger charge is 2.13. The molecule has 23 heavy (non-hydrogen) atoms. The third-order valence-electron chi connectivity index (χ3n) is 3.15. The van der Waals surface area contributed by atoms with Gasteiger partial charge in [0, 0.05) is 18.0 Å². The average Bonchev–Trinajstić information content (AvgIpc) is 3.15. The van der Waals surface area contributed by atoms with Crippen molar-refractivity contribution in [2.45, 2.75) is 6.61 Å². The first-order valence-corrected chi connectivity index (χ1v) is 7.61. The Kier molecular flexibility index (Phi) is 3.43. The summed E-state index contributed by atoms with van der Waals surface area (Å²) in [6, 6.07) is 9.58. The normalized spacial score (nSPS) is 11.0. The van der Waals surface area contributed by atoms with Gasteiger partial charge in [-0.05, 0) is 36.4 Å². The molecular weight excluding hydrogens is 317 g/mol. The molecule has 0 N–H and O–H groups in total. The minimum atomic E-state index is -0.293. The van der Waals surface area contributed by atoms with Crippen LogP contribution < -0.4 is 4.74 Å². The van der Waals surface area contributed by atoms with Crippen LogP contribution in [0.2, 0.25) is 0 Å². The Morgan fingerprint density at radius 2 is 1.83 bits per heavy atom. The van der Waals surface area contributed by atoms with E-state index in [1.54, 1.807) is 29.0 Å². The first kappa shape index (κ1) is 13.8. The molecule has 8 heteroatoms. The molecule has 0 saturated carbocycles. The molecule has 0 saturated heterocycles. The number of hydrogen-bond donors (Lipinski definition) is 0. The van der Waals surface area contributed by atoms with E-state index in [1.807, 2.05) is 12.1 Å². The van der Waals surface area contributed by atoms with Crippen LogP contribution in [-0.2, 0) is 6.61 Å². The molecule has 0 amide bonds. The van der Waals surface area contributed by atoms with Crippen molar-refractivity contribution in [1.29, 1.82) is 0 Å². The number of pyridine rings is 1. The second-order valence-electron chi connectivity index (χ2n) is 4.69. The summed E-state index contributed by atoms with van der Waals surface area (Å²) in [7, 11) is 0. The number of hydrogen-bond acceptors (Lipinski definition) is 6. The van der Waals surface area contributed by atoms with Crippen molar-refractivity contribution in [3.05, 3.63) is 59.6 Å². The van der Waals surface area contributed by atoms with Gasteiger partial charge in [0.2, 0.25) is 4.96 Å². The van der Waals surface area contributed by atoms with Crippen molar-refractivity contribution < 1.29 is 9.13 Å². The maximum atomic E-state index is 12.9. The van der Waals surface area contributed by atoms with Crippen molar-refractivity contribution >= 4 is 16.3 Å². The van der Waals surface area contributed by atoms with Crippen LogP contribution in [0.3, 0.4) is 0 Å². The van der Waals surface area contributed by atoms with Gasteiger partial charge in [0.25, 0.3) is 0 Å². The number of halogens is 1. The molecule has 0 bridgehead atoms. The van der Waals surface area contributed by atoms with Gasteiger partial charge in [-0.3, -0.25) is 4.98 Å². The van der Waals surface area contributed by atoms with Crippen LogP contribution in [0.15, 0.2) is 48.8 Å². The molecule has 0 radical (unpaired) electrons. The zero-order chi connectivity index (χ0) is 15.6. The lowest BCUT2D eigenvalue weighted by atomic mass is 10.2. The summed E-state index contributed by atoms with van der Waals surface area (Å²) in [6.45, 7) is 0.287. The van der Waals surface area contributed by atoms with Crippen LogP contribution >= 0.6 is 11.3 Å². The standard InChI is InChI=1S/C15H10FN5OS/c16-11-1-3-12(4-2-11)22-9-13-20-21-14(18-19-15(21)23-13)10-5-7-17-8-6-10/h1-8H,9H2. The van der Waals surface area contributed by atoms with Crippen molar-refractivity contribution in [2.75, 3.05) is 0 Å². The molecule has 0 unspecified atom stereocenters. The smallest absolute Gasteiger partial charge is 0.235 e. The van der Waals surface area contributed by atoms with E-state index in [0.717, 1.165) is 10.6 Å². The Morgan fingerprint density at radius 3 is 2.61 bits per heavy atom. The fourth-order valence-corrected chi connectivity index (χ4v) is 2.82. The van der Waals surface area contributed by atoms with E-state index in [4.69, 9.17) is 4.74 Å². The van der Waals surface area contributed by atoms with Crippen molar-refractivity contribution in [2.24, 2.45) is 0 Å². The molecule has 4 rings (SSSR count). The lowest BCUT2D eigenvalue weighted by molar-refractivity contribution is 0.303. The predicted octanol–water partition coefficient (Wildman–Crippen LogP) is 2.97. The number of aromatic nitrogens is 5. The highest BCUT2D eigenvalue weighted by molar-refractivity contribution is 7.16. The minimum Gasteiger partial charge on any atom is -0.486 e. The number of nitrogens with zero attached hydrogens (tertiary/aromatic N) is 5. The first-order chi connectivity index (χ1) is 11.3. The molecule has 0 fully saturated rings. The molecule has 3 aromatic heterocycles. The van der Waals surface area contributed by atoms with Gasteiger partial charge in [-0.25, -0.2) is 4.39 Å². The van der Waals surface area contributed by atoms with Gasteiger partial charge >= 0.3 is 0 Å². The van der Waals surface area contributed by atoms with Gasteiger partial charge in [-0.2, -0.15) is 9.61 Å². The van der Waals surface area contributed by atoms with Crippen molar-refractivity contribution in [1.82, 2.24) is 24.8 Å². The molecular formula is C15H10FN5OS. The molecule has 1 aromatic carbocycles. The van der Waals surface area contributed by atoms with Crippen molar-refractivity contribution in [3.63, 3.8) is 0 Å². The fourth-order valence-electron chi connectivity index (χ4n) is 2.07. The Bertz CT molecular complexity index is 936. The summed E-state index contributed by atoms with van der Waals surface area (Å²) < 4.78 is 20.1. The Labute approximate surface area is 134 Å². The monoisotopic (exact) mass is 327 g/mol. The number of benzene rings is 1. The second kappa shape index (κ2) is 5.73. The summed E-state index contributed by atoms with van der Waals surface area (Å²) >= 11 is 1.40. The number of ether oxygens (including phenoxy) is 1. The summed E-state index contributed by atoms with van der Waals surface area (Å²) in [5.74, 6) is 0.955. The van der Waals surface area contributed by atoms with Crippen LogP contribution in [0, 0.1) is 5.82 Å². The third-order valence-corrected chi connectivity index (χ3v) is 4.02. The maximum absolute atomic E-state index is 12.9. The molecule has 4 aromatic rings. The highest BCUT2D eigenvalue weighted by atomic mass is 32.1. The van der Waals surface area contributed by atoms with E-state index in [2.05, 4.69) is 20.3 Å². The van der Waals surface area contributed by atoms with E-state index < -0.39 is 0 Å². The van der Waals surface area contributed by atoms with Crippen LogP contribution in [-0.4, -0.2) is 24.8 Å². The summed E-state index contributed by atoms with van der Waals surface area (Å²) in [5, 5.41) is 13.5. The average molecular weight is 327 g/mol. The van der Waals surface area contributed by atoms with Gasteiger partial charge in [-0.1, -0.05) is 11.3 Å². The third kappa shape index (κ3) is 2.76. The van der Waals surface area contributed by atoms with Gasteiger partial charge in [0.1, 0.15) is 18.2 Å². The van der Waals surface area contributed by atoms with Crippen LogP contribution in [0.4, 0.5) is 4.39 Å². The van der Waals surface area contributed by atoms with E-state index in [0.29, 0.717) is 16.5 Å². The van der Waals surface area contributed by atoms with Gasteiger partial charge in [0.15, 0.2) is 10.8 Å². The van der Waals surface area contributed by atoms with Crippen molar-refractivity contribution in [3.8, 4) is 17.1 Å². The predicted molar refractivity (Wildman–Crippen MR) is 82.6 cm³/mol. The highest BCUT2D eigenvalue weighted by Crippen LogP contribution is 2.22. The van der Waals surface area contributed by atoms with E-state index >= 15 is 0 Å². The first-order valence-electron chi connectivity index (χ1n) is 6.79. The lowest BCUT2D eigenvalue weighted by Gasteiger charge is -2.02. The summed E-state index contributed by atoms with van der Waals surface area (Å²) in [4.78, 5) is 4.68. The summed E-state index contributed by atoms with van der Waals surface area (Å²) in [6.07, 6.45) is 3.39. The molecule has 0 aliphatic carbocycles. The van der Waals surface area contributed by atoms with E-state index in [1.165, 1.54) is 23.5 Å². The van der Waals surface area contributed by atoms with Gasteiger partial charge in [-0.15, -0.1) is 10.2 Å². The molecule has 0 atom stereocenters. The Hall–Kier alpha value is -2.87. The van der Waals surface area contributed by atoms with Gasteiger partial charge in [0.05, 0.1) is 0 Å². The molecule has 0 aliphatic rings. The van der Waals surface area contributed by atoms with Crippen LogP contribution in [0.5, 0.6) is 5.75 Å².